The SMILES string of the molecule is CCNC(CCC1CC1)c1occc1C. The Labute approximate surface area is 92.1 Å². The van der Waals surface area contributed by atoms with Crippen LogP contribution in [0.15, 0.2) is 16.7 Å². The fraction of sp³-hybridized carbons (Fsp3) is 0.692. The first-order valence-corrected chi connectivity index (χ1v) is 6.08. The molecule has 1 N–H and O–H groups in total. The van der Waals surface area contributed by atoms with Crippen molar-refractivity contribution in [3.8, 4) is 0 Å². The van der Waals surface area contributed by atoms with E-state index in [9.17, 15) is 0 Å². The van der Waals surface area contributed by atoms with Crippen molar-refractivity contribution in [1.82, 2.24) is 5.32 Å². The summed E-state index contributed by atoms with van der Waals surface area (Å²) in [5.74, 6) is 2.14. The van der Waals surface area contributed by atoms with Gasteiger partial charge in [-0.3, -0.25) is 0 Å². The zero-order valence-corrected chi connectivity index (χ0v) is 9.75. The van der Waals surface area contributed by atoms with E-state index in [0.717, 1.165) is 18.2 Å². The number of furan rings is 1. The highest BCUT2D eigenvalue weighted by atomic mass is 16.3. The average Bonchev–Trinajstić information content (AvgIpc) is 2.96. The van der Waals surface area contributed by atoms with E-state index in [-0.39, 0.29) is 0 Å². The Morgan fingerprint density at radius 3 is 2.87 bits per heavy atom. The number of aryl methyl sites for hydroxylation is 1. The van der Waals surface area contributed by atoms with Crippen LogP contribution in [0.2, 0.25) is 0 Å². The molecule has 2 nitrogen and oxygen atoms in total. The molecular formula is C13H21NO. The second-order valence-electron chi connectivity index (χ2n) is 4.60. The van der Waals surface area contributed by atoms with E-state index in [1.807, 2.05) is 0 Å². The minimum Gasteiger partial charge on any atom is -0.467 e. The predicted molar refractivity (Wildman–Crippen MR) is 61.8 cm³/mol. The van der Waals surface area contributed by atoms with Gasteiger partial charge in [0.15, 0.2) is 0 Å². The van der Waals surface area contributed by atoms with E-state index in [4.69, 9.17) is 4.42 Å². The monoisotopic (exact) mass is 207 g/mol. The summed E-state index contributed by atoms with van der Waals surface area (Å²) in [6.45, 7) is 5.29. The second kappa shape index (κ2) is 4.84. The summed E-state index contributed by atoms with van der Waals surface area (Å²) >= 11 is 0. The van der Waals surface area contributed by atoms with E-state index in [2.05, 4.69) is 25.2 Å². The molecule has 1 aliphatic carbocycles. The summed E-state index contributed by atoms with van der Waals surface area (Å²) in [5.41, 5.74) is 1.27. The first-order chi connectivity index (χ1) is 7.31. The van der Waals surface area contributed by atoms with Crippen LogP contribution in [0.5, 0.6) is 0 Å². The summed E-state index contributed by atoms with van der Waals surface area (Å²) in [7, 11) is 0. The van der Waals surface area contributed by atoms with Crippen LogP contribution in [0.25, 0.3) is 0 Å². The zero-order valence-electron chi connectivity index (χ0n) is 9.75. The third-order valence-electron chi connectivity index (χ3n) is 3.23. The Balaban J connectivity index is 1.94. The molecule has 84 valence electrons. The topological polar surface area (TPSA) is 25.2 Å². The summed E-state index contributed by atoms with van der Waals surface area (Å²) < 4.78 is 5.57. The van der Waals surface area contributed by atoms with Crippen molar-refractivity contribution < 1.29 is 4.42 Å². The molecule has 0 aliphatic heterocycles. The number of rotatable bonds is 6. The summed E-state index contributed by atoms with van der Waals surface area (Å²) in [4.78, 5) is 0. The lowest BCUT2D eigenvalue weighted by atomic mass is 10.0. The fourth-order valence-corrected chi connectivity index (χ4v) is 2.12. The van der Waals surface area contributed by atoms with Gasteiger partial charge in [0.2, 0.25) is 0 Å². The van der Waals surface area contributed by atoms with Crippen molar-refractivity contribution in [2.24, 2.45) is 5.92 Å². The van der Waals surface area contributed by atoms with Crippen LogP contribution in [-0.4, -0.2) is 6.54 Å². The van der Waals surface area contributed by atoms with Crippen LogP contribution in [0.3, 0.4) is 0 Å². The summed E-state index contributed by atoms with van der Waals surface area (Å²) in [5, 5.41) is 3.52. The maximum absolute atomic E-state index is 5.57. The first kappa shape index (κ1) is 10.7. The van der Waals surface area contributed by atoms with Gasteiger partial charge in [-0.1, -0.05) is 19.8 Å². The second-order valence-corrected chi connectivity index (χ2v) is 4.60. The maximum Gasteiger partial charge on any atom is 0.123 e. The Morgan fingerprint density at radius 2 is 2.33 bits per heavy atom. The van der Waals surface area contributed by atoms with Gasteiger partial charge < -0.3 is 9.73 Å². The normalized spacial score (nSPS) is 18.0. The lowest BCUT2D eigenvalue weighted by Crippen LogP contribution is -2.21. The van der Waals surface area contributed by atoms with Crippen LogP contribution >= 0.6 is 0 Å². The molecule has 1 aromatic heterocycles. The van der Waals surface area contributed by atoms with Gasteiger partial charge in [-0.05, 0) is 43.9 Å². The molecule has 1 atom stereocenters. The summed E-state index contributed by atoms with van der Waals surface area (Å²) in [6.07, 6.45) is 7.24. The molecule has 1 heterocycles. The molecule has 1 fully saturated rings. The molecular weight excluding hydrogens is 186 g/mol. The molecule has 1 unspecified atom stereocenters. The molecule has 0 amide bonds. The van der Waals surface area contributed by atoms with E-state index >= 15 is 0 Å². The van der Waals surface area contributed by atoms with Crippen LogP contribution in [0, 0.1) is 12.8 Å². The molecule has 0 spiro atoms. The first-order valence-electron chi connectivity index (χ1n) is 6.08. The fourth-order valence-electron chi connectivity index (χ4n) is 2.12. The molecule has 2 rings (SSSR count). The Morgan fingerprint density at radius 1 is 1.53 bits per heavy atom. The van der Waals surface area contributed by atoms with E-state index < -0.39 is 0 Å². The van der Waals surface area contributed by atoms with Gasteiger partial charge in [0.05, 0.1) is 12.3 Å². The highest BCUT2D eigenvalue weighted by Gasteiger charge is 2.24. The highest BCUT2D eigenvalue weighted by Crippen LogP contribution is 2.36. The standard InChI is InChI=1S/C13H21NO/c1-3-14-12(7-6-11-4-5-11)13-10(2)8-9-15-13/h8-9,11-12,14H,3-7H2,1-2H3. The van der Waals surface area contributed by atoms with Crippen molar-refractivity contribution in [1.29, 1.82) is 0 Å². The molecule has 0 saturated heterocycles. The molecule has 0 radical (unpaired) electrons. The molecule has 1 aliphatic rings. The maximum atomic E-state index is 5.57. The van der Waals surface area contributed by atoms with Gasteiger partial charge in [-0.2, -0.15) is 0 Å². The van der Waals surface area contributed by atoms with Crippen molar-refractivity contribution in [2.75, 3.05) is 6.54 Å². The van der Waals surface area contributed by atoms with Crippen molar-refractivity contribution >= 4 is 0 Å². The molecule has 15 heavy (non-hydrogen) atoms. The van der Waals surface area contributed by atoms with Gasteiger partial charge in [-0.25, -0.2) is 0 Å². The molecule has 0 aromatic carbocycles. The van der Waals surface area contributed by atoms with Crippen molar-refractivity contribution in [3.05, 3.63) is 23.7 Å². The largest absolute Gasteiger partial charge is 0.467 e. The molecule has 1 aromatic rings. The van der Waals surface area contributed by atoms with Crippen LogP contribution in [0.4, 0.5) is 0 Å². The molecule has 2 heteroatoms. The lowest BCUT2D eigenvalue weighted by molar-refractivity contribution is 0.386. The third-order valence-corrected chi connectivity index (χ3v) is 3.23. The quantitative estimate of drug-likeness (QED) is 0.773. The average molecular weight is 207 g/mol. The van der Waals surface area contributed by atoms with Gasteiger partial charge in [0.25, 0.3) is 0 Å². The Bertz CT molecular complexity index is 301. The van der Waals surface area contributed by atoms with Crippen molar-refractivity contribution in [3.63, 3.8) is 0 Å². The predicted octanol–water partition coefficient (Wildman–Crippen LogP) is 3.43. The Hall–Kier alpha value is -0.760. The van der Waals surface area contributed by atoms with Crippen LogP contribution in [0.1, 0.15) is 50.0 Å². The molecule has 0 bridgehead atoms. The van der Waals surface area contributed by atoms with Gasteiger partial charge in [0, 0.05) is 0 Å². The zero-order chi connectivity index (χ0) is 10.7. The van der Waals surface area contributed by atoms with E-state index in [0.29, 0.717) is 6.04 Å². The lowest BCUT2D eigenvalue weighted by Gasteiger charge is -2.16. The summed E-state index contributed by atoms with van der Waals surface area (Å²) in [6, 6.07) is 2.47. The van der Waals surface area contributed by atoms with Crippen LogP contribution in [-0.2, 0) is 0 Å². The third kappa shape index (κ3) is 2.85. The molecule has 1 saturated carbocycles. The van der Waals surface area contributed by atoms with Crippen molar-refractivity contribution in [2.45, 2.75) is 45.6 Å². The minimum atomic E-state index is 0.422. The number of hydrogen-bond donors (Lipinski definition) is 1. The minimum absolute atomic E-state index is 0.422. The van der Waals surface area contributed by atoms with E-state index in [1.54, 1.807) is 6.26 Å². The Kier molecular flexibility index (Phi) is 3.47. The number of nitrogens with one attached hydrogen (secondary N) is 1. The number of hydrogen-bond acceptors (Lipinski definition) is 2. The van der Waals surface area contributed by atoms with Gasteiger partial charge in [0.1, 0.15) is 5.76 Å². The van der Waals surface area contributed by atoms with E-state index in [1.165, 1.54) is 31.2 Å². The van der Waals surface area contributed by atoms with Gasteiger partial charge in [-0.15, -0.1) is 0 Å². The van der Waals surface area contributed by atoms with Gasteiger partial charge >= 0.3 is 0 Å². The highest BCUT2D eigenvalue weighted by molar-refractivity contribution is 5.18. The van der Waals surface area contributed by atoms with Crippen LogP contribution < -0.4 is 5.32 Å². The smallest absolute Gasteiger partial charge is 0.123 e.